The third-order valence-corrected chi connectivity index (χ3v) is 4.30. The van der Waals surface area contributed by atoms with Gasteiger partial charge >= 0.3 is 6.09 Å². The second kappa shape index (κ2) is 5.46. The van der Waals surface area contributed by atoms with Crippen molar-refractivity contribution in [1.29, 1.82) is 0 Å². The molecule has 0 saturated carbocycles. The molecule has 0 aromatic heterocycles. The number of carbonyl (C=O) groups is 1. The predicted octanol–water partition coefficient (Wildman–Crippen LogP) is 3.73. The van der Waals surface area contributed by atoms with Gasteiger partial charge < -0.3 is 14.7 Å². The van der Waals surface area contributed by atoms with Crippen molar-refractivity contribution >= 4 is 17.7 Å². The van der Waals surface area contributed by atoms with E-state index in [0.29, 0.717) is 12.1 Å². The minimum absolute atomic E-state index is 0.0358. The third kappa shape index (κ3) is 2.85. The molecule has 21 heavy (non-hydrogen) atoms. The summed E-state index contributed by atoms with van der Waals surface area (Å²) in [5.74, 6) is -0.533. The summed E-state index contributed by atoms with van der Waals surface area (Å²) in [6, 6.07) is 4.50. The first-order valence-electron chi connectivity index (χ1n) is 6.75. The highest BCUT2D eigenvalue weighted by molar-refractivity contribution is 6.30. The molecule has 0 aliphatic carbocycles. The SMILES string of the molecule is CC(C)(C)[C@@]1(c2ccc(Cl)c(F)c2)CN(C(=O)O)CCO1. The van der Waals surface area contributed by atoms with Crippen molar-refractivity contribution in [2.45, 2.75) is 26.4 Å². The first-order chi connectivity index (χ1) is 9.67. The molecule has 1 heterocycles. The first kappa shape index (κ1) is 16.0. The lowest BCUT2D eigenvalue weighted by molar-refractivity contribution is -0.166. The van der Waals surface area contributed by atoms with Crippen molar-refractivity contribution in [2.75, 3.05) is 19.7 Å². The van der Waals surface area contributed by atoms with Gasteiger partial charge in [0, 0.05) is 6.54 Å². The smallest absolute Gasteiger partial charge is 0.407 e. The van der Waals surface area contributed by atoms with Crippen molar-refractivity contribution in [3.63, 3.8) is 0 Å². The minimum atomic E-state index is -0.999. The number of hydrogen-bond acceptors (Lipinski definition) is 2. The first-order valence-corrected chi connectivity index (χ1v) is 7.12. The van der Waals surface area contributed by atoms with E-state index in [-0.39, 0.29) is 18.2 Å². The van der Waals surface area contributed by atoms with Gasteiger partial charge in [-0.2, -0.15) is 0 Å². The fourth-order valence-electron chi connectivity index (χ4n) is 2.70. The van der Waals surface area contributed by atoms with E-state index in [4.69, 9.17) is 16.3 Å². The molecule has 2 rings (SSSR count). The molecule has 0 radical (unpaired) electrons. The highest BCUT2D eigenvalue weighted by Crippen LogP contribution is 2.45. The summed E-state index contributed by atoms with van der Waals surface area (Å²) >= 11 is 5.74. The van der Waals surface area contributed by atoms with E-state index in [0.717, 1.165) is 0 Å². The number of ether oxygens (including phenoxy) is 1. The molecule has 1 fully saturated rings. The Hall–Kier alpha value is -1.33. The molecule has 1 aromatic carbocycles. The van der Waals surface area contributed by atoms with Crippen molar-refractivity contribution in [1.82, 2.24) is 4.90 Å². The summed E-state index contributed by atoms with van der Waals surface area (Å²) in [4.78, 5) is 12.6. The third-order valence-electron chi connectivity index (χ3n) is 3.99. The quantitative estimate of drug-likeness (QED) is 0.859. The zero-order chi connectivity index (χ0) is 15.8. The lowest BCUT2D eigenvalue weighted by Gasteiger charge is -2.50. The number of halogens is 2. The molecule has 1 atom stereocenters. The Morgan fingerprint density at radius 1 is 1.48 bits per heavy atom. The van der Waals surface area contributed by atoms with Gasteiger partial charge in [0.2, 0.25) is 0 Å². The Morgan fingerprint density at radius 3 is 2.67 bits per heavy atom. The number of benzene rings is 1. The summed E-state index contributed by atoms with van der Waals surface area (Å²) in [5, 5.41) is 9.29. The highest BCUT2D eigenvalue weighted by Gasteiger charge is 2.49. The van der Waals surface area contributed by atoms with Crippen LogP contribution in [0.4, 0.5) is 9.18 Å². The van der Waals surface area contributed by atoms with Gasteiger partial charge in [0.25, 0.3) is 0 Å². The summed E-state index contributed by atoms with van der Waals surface area (Å²) in [6.07, 6.45) is -0.999. The maximum atomic E-state index is 13.8. The predicted molar refractivity (Wildman–Crippen MR) is 78.1 cm³/mol. The molecule has 0 bridgehead atoms. The molecule has 1 aliphatic heterocycles. The van der Waals surface area contributed by atoms with Gasteiger partial charge in [-0.3, -0.25) is 0 Å². The van der Waals surface area contributed by atoms with Gasteiger partial charge in [-0.25, -0.2) is 9.18 Å². The summed E-state index contributed by atoms with van der Waals surface area (Å²) in [6.45, 7) is 6.59. The molecule has 1 amide bonds. The Labute approximate surface area is 128 Å². The Kier molecular flexibility index (Phi) is 4.17. The Bertz CT molecular complexity index is 558. The van der Waals surface area contributed by atoms with Crippen LogP contribution in [0.15, 0.2) is 18.2 Å². The maximum Gasteiger partial charge on any atom is 0.407 e. The summed E-state index contributed by atoms with van der Waals surface area (Å²) in [5.41, 5.74) is -0.723. The average Bonchev–Trinajstić information content (AvgIpc) is 2.40. The van der Waals surface area contributed by atoms with Crippen molar-refractivity contribution in [2.24, 2.45) is 5.41 Å². The molecule has 116 valence electrons. The number of carboxylic acid groups (broad SMARTS) is 1. The Balaban J connectivity index is 2.52. The van der Waals surface area contributed by atoms with Crippen LogP contribution in [0.5, 0.6) is 0 Å². The molecular weight excluding hydrogens is 297 g/mol. The van der Waals surface area contributed by atoms with E-state index in [1.54, 1.807) is 6.07 Å². The van der Waals surface area contributed by atoms with E-state index in [1.807, 2.05) is 20.8 Å². The number of hydrogen-bond donors (Lipinski definition) is 1. The maximum absolute atomic E-state index is 13.8. The lowest BCUT2D eigenvalue weighted by atomic mass is 9.71. The van der Waals surface area contributed by atoms with Crippen molar-refractivity contribution in [3.8, 4) is 0 Å². The molecule has 1 N–H and O–H groups in total. The van der Waals surface area contributed by atoms with Crippen LogP contribution in [0.1, 0.15) is 26.3 Å². The van der Waals surface area contributed by atoms with E-state index in [1.165, 1.54) is 17.0 Å². The molecule has 4 nitrogen and oxygen atoms in total. The fourth-order valence-corrected chi connectivity index (χ4v) is 2.81. The second-order valence-corrected chi connectivity index (χ2v) is 6.67. The van der Waals surface area contributed by atoms with Crippen LogP contribution in [0.25, 0.3) is 0 Å². The molecular formula is C15H19ClFNO3. The molecule has 6 heteroatoms. The number of rotatable bonds is 1. The van der Waals surface area contributed by atoms with Gasteiger partial charge in [-0.05, 0) is 23.1 Å². The summed E-state index contributed by atoms with van der Waals surface area (Å²) in [7, 11) is 0. The van der Waals surface area contributed by atoms with Crippen molar-refractivity contribution in [3.05, 3.63) is 34.6 Å². The number of morpholine rings is 1. The van der Waals surface area contributed by atoms with Crippen molar-refractivity contribution < 1.29 is 19.0 Å². The number of nitrogens with zero attached hydrogens (tertiary/aromatic N) is 1. The standard InChI is InChI=1S/C15H19ClFNO3/c1-14(2,3)15(9-18(13(19)20)6-7-21-15)10-4-5-11(16)12(17)8-10/h4-5,8H,6-7,9H2,1-3H3,(H,19,20)/t15-/m0/s1. The molecule has 0 spiro atoms. The highest BCUT2D eigenvalue weighted by atomic mass is 35.5. The van der Waals surface area contributed by atoms with Gasteiger partial charge in [0.15, 0.2) is 0 Å². The van der Waals surface area contributed by atoms with E-state index in [9.17, 15) is 14.3 Å². The average molecular weight is 316 g/mol. The fraction of sp³-hybridized carbons (Fsp3) is 0.533. The van der Waals surface area contributed by atoms with Crippen LogP contribution >= 0.6 is 11.6 Å². The van der Waals surface area contributed by atoms with Gasteiger partial charge in [0.1, 0.15) is 11.4 Å². The normalized spacial score (nSPS) is 23.2. The van der Waals surface area contributed by atoms with Crippen LogP contribution in [0, 0.1) is 11.2 Å². The lowest BCUT2D eigenvalue weighted by Crippen LogP contribution is -2.57. The number of amides is 1. The zero-order valence-corrected chi connectivity index (χ0v) is 13.1. The monoisotopic (exact) mass is 315 g/mol. The molecule has 0 unspecified atom stereocenters. The van der Waals surface area contributed by atoms with E-state index < -0.39 is 22.9 Å². The Morgan fingerprint density at radius 2 is 2.14 bits per heavy atom. The molecule has 1 aromatic rings. The molecule has 1 saturated heterocycles. The largest absolute Gasteiger partial charge is 0.465 e. The minimum Gasteiger partial charge on any atom is -0.465 e. The molecule has 1 aliphatic rings. The zero-order valence-electron chi connectivity index (χ0n) is 12.3. The van der Waals surface area contributed by atoms with Crippen LogP contribution in [0.2, 0.25) is 5.02 Å². The van der Waals surface area contributed by atoms with Gasteiger partial charge in [-0.15, -0.1) is 0 Å². The topological polar surface area (TPSA) is 49.8 Å². The van der Waals surface area contributed by atoms with E-state index in [2.05, 4.69) is 0 Å². The van der Waals surface area contributed by atoms with E-state index >= 15 is 0 Å². The summed E-state index contributed by atoms with van der Waals surface area (Å²) < 4.78 is 19.8. The van der Waals surface area contributed by atoms with Gasteiger partial charge in [0.05, 0.1) is 18.2 Å². The second-order valence-electron chi connectivity index (χ2n) is 6.26. The van der Waals surface area contributed by atoms with Crippen LogP contribution in [0.3, 0.4) is 0 Å². The van der Waals surface area contributed by atoms with Crippen LogP contribution in [-0.4, -0.2) is 35.8 Å². The van der Waals surface area contributed by atoms with Gasteiger partial charge in [-0.1, -0.05) is 38.4 Å². The van der Waals surface area contributed by atoms with Crippen LogP contribution in [-0.2, 0) is 10.3 Å². The van der Waals surface area contributed by atoms with Crippen LogP contribution < -0.4 is 0 Å².